The number of anilines is 3. The average molecular weight is 463 g/mol. The number of carbonyl (C=O) groups excluding carboxylic acids is 1. The summed E-state index contributed by atoms with van der Waals surface area (Å²) in [5.74, 6) is 2.01. The van der Waals surface area contributed by atoms with Crippen molar-refractivity contribution in [1.29, 1.82) is 0 Å². The van der Waals surface area contributed by atoms with Crippen LogP contribution in [0.4, 0.5) is 16.0 Å². The summed E-state index contributed by atoms with van der Waals surface area (Å²) in [6, 6.07) is 12.9. The fourth-order valence-corrected chi connectivity index (χ4v) is 3.91. The predicted octanol–water partition coefficient (Wildman–Crippen LogP) is 4.87. The lowest BCUT2D eigenvalue weighted by Crippen LogP contribution is -1.93. The first kappa shape index (κ1) is 22.0. The highest BCUT2D eigenvalue weighted by atomic mass is 32.1. The van der Waals surface area contributed by atoms with Crippen LogP contribution in [0.25, 0.3) is 21.9 Å². The zero-order valence-corrected chi connectivity index (χ0v) is 19.1. The number of nitrogens with one attached hydrogen (secondary N) is 3. The lowest BCUT2D eigenvalue weighted by atomic mass is 10.2. The molecule has 0 aliphatic heterocycles. The zero-order valence-electron chi connectivity index (χ0n) is 18.2. The molecule has 0 spiro atoms. The third kappa shape index (κ3) is 4.70. The number of aldehydes is 1. The van der Waals surface area contributed by atoms with Gasteiger partial charge in [-0.15, -0.1) is 0 Å². The van der Waals surface area contributed by atoms with Crippen molar-refractivity contribution in [3.63, 3.8) is 0 Å². The van der Waals surface area contributed by atoms with Crippen molar-refractivity contribution in [1.82, 2.24) is 19.9 Å². The van der Waals surface area contributed by atoms with Gasteiger partial charge in [0.15, 0.2) is 16.6 Å². The highest BCUT2D eigenvalue weighted by molar-refractivity contribution is 7.19. The number of ether oxygens (including phenoxy) is 2. The number of benzene rings is 2. The third-order valence-electron chi connectivity index (χ3n) is 4.79. The summed E-state index contributed by atoms with van der Waals surface area (Å²) in [5, 5.41) is 9.90. The van der Waals surface area contributed by atoms with Crippen molar-refractivity contribution in [3.05, 3.63) is 60.6 Å². The summed E-state index contributed by atoms with van der Waals surface area (Å²) in [7, 11) is 5.07. The van der Waals surface area contributed by atoms with E-state index >= 15 is 0 Å². The summed E-state index contributed by atoms with van der Waals surface area (Å²) in [4.78, 5) is 26.3. The third-order valence-corrected chi connectivity index (χ3v) is 5.72. The predicted molar refractivity (Wildman–Crippen MR) is 131 cm³/mol. The summed E-state index contributed by atoms with van der Waals surface area (Å²) in [6.45, 7) is 0. The van der Waals surface area contributed by atoms with E-state index in [-0.39, 0.29) is 0 Å². The minimum absolute atomic E-state index is 0.654. The van der Waals surface area contributed by atoms with Crippen LogP contribution >= 0.6 is 11.3 Å². The van der Waals surface area contributed by atoms with Gasteiger partial charge in [0.25, 0.3) is 0 Å². The first-order valence-electron chi connectivity index (χ1n) is 9.96. The molecule has 0 saturated carbocycles. The molecule has 0 unspecified atom stereocenters. The quantitative estimate of drug-likeness (QED) is 0.306. The van der Waals surface area contributed by atoms with Crippen LogP contribution in [0.3, 0.4) is 0 Å². The lowest BCUT2D eigenvalue weighted by Gasteiger charge is -2.08. The minimum atomic E-state index is 0.654. The Labute approximate surface area is 193 Å². The molecule has 5 rings (SSSR count). The first-order chi connectivity index (χ1) is 16.2. The van der Waals surface area contributed by atoms with Crippen LogP contribution in [0.1, 0.15) is 10.4 Å². The molecule has 9 nitrogen and oxygen atoms in total. The number of hydrogen-bond donors (Lipinski definition) is 3. The molecule has 0 fully saturated rings. The molecule has 2 aromatic carbocycles. The number of fused-ring (bicyclic) bond motifs is 3. The Morgan fingerprint density at radius 3 is 2.42 bits per heavy atom. The monoisotopic (exact) mass is 462 g/mol. The van der Waals surface area contributed by atoms with Gasteiger partial charge in [-0.3, -0.25) is 4.79 Å². The molecule has 168 valence electrons. The van der Waals surface area contributed by atoms with Crippen molar-refractivity contribution >= 4 is 55.5 Å². The van der Waals surface area contributed by atoms with Gasteiger partial charge < -0.3 is 25.1 Å². The molecule has 0 radical (unpaired) electrons. The van der Waals surface area contributed by atoms with E-state index in [4.69, 9.17) is 9.47 Å². The average Bonchev–Trinajstić information content (AvgIpc) is 3.48. The summed E-state index contributed by atoms with van der Waals surface area (Å²) < 4.78 is 10.8. The molecule has 0 aliphatic carbocycles. The lowest BCUT2D eigenvalue weighted by molar-refractivity contribution is 0.112. The van der Waals surface area contributed by atoms with E-state index in [0.29, 0.717) is 17.3 Å². The Kier molecular flexibility index (Phi) is 6.65. The van der Waals surface area contributed by atoms with Crippen LogP contribution in [0.5, 0.6) is 11.5 Å². The molecule has 0 aliphatic rings. The molecule has 3 heterocycles. The summed E-state index contributed by atoms with van der Waals surface area (Å²) >= 11 is 1.51. The van der Waals surface area contributed by atoms with Crippen LogP contribution in [0, 0.1) is 0 Å². The molecule has 0 saturated heterocycles. The van der Waals surface area contributed by atoms with Gasteiger partial charge in [-0.25, -0.2) is 15.0 Å². The molecular weight excluding hydrogens is 440 g/mol. The number of rotatable bonds is 6. The Morgan fingerprint density at radius 2 is 1.79 bits per heavy atom. The molecule has 0 bridgehead atoms. The van der Waals surface area contributed by atoms with Gasteiger partial charge in [-0.05, 0) is 6.07 Å². The number of hydrogen-bond acceptors (Lipinski definition) is 9. The molecule has 3 N–H and O–H groups in total. The van der Waals surface area contributed by atoms with Gasteiger partial charge in [-0.1, -0.05) is 41.7 Å². The van der Waals surface area contributed by atoms with E-state index in [1.54, 1.807) is 32.5 Å². The minimum Gasteiger partial charge on any atom is -0.493 e. The van der Waals surface area contributed by atoms with Crippen molar-refractivity contribution < 1.29 is 14.3 Å². The van der Waals surface area contributed by atoms with E-state index in [1.165, 1.54) is 17.7 Å². The van der Waals surface area contributed by atoms with Gasteiger partial charge in [0.1, 0.15) is 29.1 Å². The first-order valence-corrected chi connectivity index (χ1v) is 10.8. The number of aromatic amines is 1. The van der Waals surface area contributed by atoms with Crippen LogP contribution in [0.15, 0.2) is 55.0 Å². The zero-order chi connectivity index (χ0) is 23.2. The molecule has 3 aromatic heterocycles. The number of thiazole rings is 1. The van der Waals surface area contributed by atoms with Gasteiger partial charge >= 0.3 is 0 Å². The van der Waals surface area contributed by atoms with E-state index in [0.717, 1.165) is 43.9 Å². The number of carbonyl (C=O) groups is 1. The van der Waals surface area contributed by atoms with E-state index < -0.39 is 0 Å². The number of aromatic nitrogens is 4. The standard InChI is InChI=1S/C16H16N6O2S.C7H6O/c1-17-16-18-6-12(25-16)22-15-13-8-4-10(23-2)11(24-3)5-9(8)21-14(13)19-7-20-15;8-6-7-4-2-1-3-5-7/h4-7H,1-3H3,(H,17,18)(H2,19,20,21,22);1-6H. The smallest absolute Gasteiger partial charge is 0.184 e. The number of H-pyrrole nitrogens is 1. The van der Waals surface area contributed by atoms with Gasteiger partial charge in [0.2, 0.25) is 0 Å². The molecule has 10 heteroatoms. The Morgan fingerprint density at radius 1 is 1.03 bits per heavy atom. The molecule has 0 atom stereocenters. The largest absolute Gasteiger partial charge is 0.493 e. The van der Waals surface area contributed by atoms with Crippen molar-refractivity contribution in [3.8, 4) is 11.5 Å². The fraction of sp³-hybridized carbons (Fsp3) is 0.130. The molecule has 33 heavy (non-hydrogen) atoms. The van der Waals surface area contributed by atoms with Crippen LogP contribution in [-0.2, 0) is 0 Å². The van der Waals surface area contributed by atoms with Crippen LogP contribution < -0.4 is 20.1 Å². The van der Waals surface area contributed by atoms with E-state index in [9.17, 15) is 4.79 Å². The molecular formula is C23H22N6O3S. The molecule has 0 amide bonds. The Hall–Kier alpha value is -4.18. The van der Waals surface area contributed by atoms with Crippen molar-refractivity contribution in [2.24, 2.45) is 0 Å². The van der Waals surface area contributed by atoms with E-state index in [2.05, 4.69) is 30.6 Å². The molecule has 5 aromatic rings. The normalized spacial score (nSPS) is 10.4. The summed E-state index contributed by atoms with van der Waals surface area (Å²) in [6.07, 6.45) is 4.12. The van der Waals surface area contributed by atoms with Crippen molar-refractivity contribution in [2.75, 3.05) is 31.9 Å². The SMILES string of the molecule is CNc1ncc(Nc2ncnc3[nH]c4cc(OC)c(OC)cc4c23)s1.O=Cc1ccccc1. The van der Waals surface area contributed by atoms with Gasteiger partial charge in [0.05, 0.1) is 31.3 Å². The maximum absolute atomic E-state index is 10.0. The Bertz CT molecular complexity index is 1380. The highest BCUT2D eigenvalue weighted by Crippen LogP contribution is 2.38. The number of methoxy groups -OCH3 is 2. The van der Waals surface area contributed by atoms with E-state index in [1.807, 2.05) is 37.4 Å². The van der Waals surface area contributed by atoms with Gasteiger partial charge in [-0.2, -0.15) is 0 Å². The second-order valence-corrected chi connectivity index (χ2v) is 7.79. The fourth-order valence-electron chi connectivity index (χ4n) is 3.24. The maximum Gasteiger partial charge on any atom is 0.184 e. The topological polar surface area (TPSA) is 114 Å². The van der Waals surface area contributed by atoms with Gasteiger partial charge in [0, 0.05) is 24.1 Å². The van der Waals surface area contributed by atoms with Crippen molar-refractivity contribution in [2.45, 2.75) is 0 Å². The summed E-state index contributed by atoms with van der Waals surface area (Å²) in [5.41, 5.74) is 2.37. The Balaban J connectivity index is 0.000000275. The number of nitrogens with zero attached hydrogens (tertiary/aromatic N) is 3. The highest BCUT2D eigenvalue weighted by Gasteiger charge is 2.15. The second kappa shape index (κ2) is 9.96. The second-order valence-electron chi connectivity index (χ2n) is 6.76. The maximum atomic E-state index is 10.0. The van der Waals surface area contributed by atoms with Crippen LogP contribution in [-0.4, -0.2) is 47.5 Å². The van der Waals surface area contributed by atoms with Crippen LogP contribution in [0.2, 0.25) is 0 Å².